The Balaban J connectivity index is 1.43. The smallest absolute Gasteiger partial charge is 0.223 e. The van der Waals surface area contributed by atoms with Crippen molar-refractivity contribution in [3.05, 3.63) is 70.2 Å². The lowest BCUT2D eigenvalue weighted by Gasteiger charge is -2.30. The number of benzene rings is 2. The molecule has 1 heterocycles. The number of carbonyl (C=O) groups is 1. The van der Waals surface area contributed by atoms with E-state index in [4.69, 9.17) is 11.6 Å². The summed E-state index contributed by atoms with van der Waals surface area (Å²) in [6, 6.07) is 15.4. The number of carbonyl (C=O) groups excluding carboxylic acids is 1. The van der Waals surface area contributed by atoms with Crippen molar-refractivity contribution in [3.63, 3.8) is 0 Å². The third-order valence-corrected chi connectivity index (χ3v) is 7.94. The van der Waals surface area contributed by atoms with Gasteiger partial charge in [0.2, 0.25) is 15.9 Å². The Hall–Kier alpha value is -1.89. The zero-order valence-electron chi connectivity index (χ0n) is 18.2. The monoisotopic (exact) mass is 462 g/mol. The van der Waals surface area contributed by atoms with E-state index in [0.717, 1.165) is 6.42 Å². The van der Waals surface area contributed by atoms with Crippen LogP contribution in [0.3, 0.4) is 0 Å². The van der Waals surface area contributed by atoms with E-state index >= 15 is 0 Å². The molecule has 31 heavy (non-hydrogen) atoms. The Kier molecular flexibility index (Phi) is 8.14. The minimum Gasteiger partial charge on any atom is -0.356 e. The Morgan fingerprint density at radius 2 is 1.61 bits per heavy atom. The molecule has 0 unspecified atom stereocenters. The van der Waals surface area contributed by atoms with Crippen LogP contribution < -0.4 is 5.32 Å². The van der Waals surface area contributed by atoms with E-state index in [9.17, 15) is 13.2 Å². The number of nitrogens with one attached hydrogen (secondary N) is 1. The van der Waals surface area contributed by atoms with Gasteiger partial charge < -0.3 is 5.32 Å². The van der Waals surface area contributed by atoms with Crippen LogP contribution in [-0.4, -0.2) is 38.3 Å². The van der Waals surface area contributed by atoms with Gasteiger partial charge in [-0.15, -0.1) is 0 Å². The fourth-order valence-electron chi connectivity index (χ4n) is 3.82. The van der Waals surface area contributed by atoms with E-state index in [1.807, 2.05) is 0 Å². The molecule has 0 spiro atoms. The van der Waals surface area contributed by atoms with Gasteiger partial charge in [0.1, 0.15) is 0 Å². The molecular weight excluding hydrogens is 432 g/mol. The Bertz CT molecular complexity index is 965. The number of nitrogens with zero attached hydrogens (tertiary/aromatic N) is 1. The zero-order valence-corrected chi connectivity index (χ0v) is 19.8. The Morgan fingerprint density at radius 1 is 1.03 bits per heavy atom. The molecule has 7 heteroatoms. The normalized spacial score (nSPS) is 15.9. The molecule has 5 nitrogen and oxygen atoms in total. The Labute approximate surface area is 190 Å². The van der Waals surface area contributed by atoms with Gasteiger partial charge in [0, 0.05) is 30.6 Å². The van der Waals surface area contributed by atoms with E-state index in [-0.39, 0.29) is 17.6 Å². The average molecular weight is 463 g/mol. The summed E-state index contributed by atoms with van der Waals surface area (Å²) in [5.41, 5.74) is 3.23. The molecule has 1 aliphatic rings. The van der Waals surface area contributed by atoms with Crippen molar-refractivity contribution >= 4 is 27.5 Å². The highest BCUT2D eigenvalue weighted by molar-refractivity contribution is 7.88. The molecule has 0 bridgehead atoms. The van der Waals surface area contributed by atoms with Crippen molar-refractivity contribution in [3.8, 4) is 0 Å². The van der Waals surface area contributed by atoms with Crippen molar-refractivity contribution in [2.24, 2.45) is 5.92 Å². The topological polar surface area (TPSA) is 66.5 Å². The minimum absolute atomic E-state index is 0.0218. The van der Waals surface area contributed by atoms with Crippen LogP contribution in [0.25, 0.3) is 0 Å². The van der Waals surface area contributed by atoms with Crippen LogP contribution in [0.5, 0.6) is 0 Å². The number of sulfonamides is 1. The van der Waals surface area contributed by atoms with Crippen LogP contribution in [0.4, 0.5) is 0 Å². The second kappa shape index (κ2) is 10.6. The molecule has 1 aliphatic heterocycles. The van der Waals surface area contributed by atoms with Crippen LogP contribution >= 0.6 is 11.6 Å². The van der Waals surface area contributed by atoms with Gasteiger partial charge in [-0.1, -0.05) is 61.8 Å². The molecule has 2 aromatic carbocycles. The first kappa shape index (κ1) is 23.8. The first-order valence-electron chi connectivity index (χ1n) is 10.8. The second-order valence-electron chi connectivity index (χ2n) is 8.49. The van der Waals surface area contributed by atoms with Gasteiger partial charge >= 0.3 is 0 Å². The lowest BCUT2D eigenvalue weighted by Crippen LogP contribution is -2.43. The molecule has 1 amide bonds. The van der Waals surface area contributed by atoms with Crippen molar-refractivity contribution < 1.29 is 13.2 Å². The molecule has 2 aromatic rings. The molecule has 1 saturated heterocycles. The van der Waals surface area contributed by atoms with Crippen molar-refractivity contribution in [2.45, 2.75) is 44.8 Å². The van der Waals surface area contributed by atoms with Crippen LogP contribution in [0.2, 0.25) is 5.02 Å². The summed E-state index contributed by atoms with van der Waals surface area (Å²) in [6.45, 7) is 5.69. The van der Waals surface area contributed by atoms with Crippen molar-refractivity contribution in [1.29, 1.82) is 0 Å². The van der Waals surface area contributed by atoms with E-state index in [1.165, 1.54) is 15.4 Å². The highest BCUT2D eigenvalue weighted by Gasteiger charge is 2.31. The van der Waals surface area contributed by atoms with E-state index < -0.39 is 10.0 Å². The molecular formula is C24H31ClN2O3S. The number of rotatable bonds is 8. The second-order valence-corrected chi connectivity index (χ2v) is 10.9. The third kappa shape index (κ3) is 6.79. The fourth-order valence-corrected chi connectivity index (χ4v) is 5.51. The lowest BCUT2D eigenvalue weighted by atomic mass is 9.97. The van der Waals surface area contributed by atoms with E-state index in [2.05, 4.69) is 43.4 Å². The van der Waals surface area contributed by atoms with E-state index in [1.54, 1.807) is 24.3 Å². The number of hydrogen-bond donors (Lipinski definition) is 1. The molecule has 0 atom stereocenters. The van der Waals surface area contributed by atoms with Gasteiger partial charge in [-0.3, -0.25) is 4.79 Å². The van der Waals surface area contributed by atoms with Crippen LogP contribution in [0.15, 0.2) is 48.5 Å². The van der Waals surface area contributed by atoms with Crippen molar-refractivity contribution in [1.82, 2.24) is 9.62 Å². The summed E-state index contributed by atoms with van der Waals surface area (Å²) in [7, 11) is -3.40. The SMILES string of the molecule is CC(C)c1ccc(CCNC(=O)C2CCN(S(=O)(=O)Cc3ccc(Cl)cc3)CC2)cc1. The average Bonchev–Trinajstić information content (AvgIpc) is 2.75. The maximum absolute atomic E-state index is 12.7. The highest BCUT2D eigenvalue weighted by Crippen LogP contribution is 2.22. The quantitative estimate of drug-likeness (QED) is 0.633. The zero-order chi connectivity index (χ0) is 22.4. The first-order valence-corrected chi connectivity index (χ1v) is 12.8. The Morgan fingerprint density at radius 3 is 2.19 bits per heavy atom. The van der Waals surface area contributed by atoms with E-state index in [0.29, 0.717) is 49.0 Å². The predicted molar refractivity (Wildman–Crippen MR) is 126 cm³/mol. The summed E-state index contributed by atoms with van der Waals surface area (Å²) >= 11 is 5.87. The molecule has 168 valence electrons. The van der Waals surface area contributed by atoms with Crippen LogP contribution in [0, 0.1) is 5.92 Å². The third-order valence-electron chi connectivity index (χ3n) is 5.84. The number of halogens is 1. The predicted octanol–water partition coefficient (Wildman–Crippen LogP) is 4.36. The molecule has 0 aliphatic carbocycles. The van der Waals surface area contributed by atoms with Crippen LogP contribution in [0.1, 0.15) is 49.3 Å². The fraction of sp³-hybridized carbons (Fsp3) is 0.458. The van der Waals surface area contributed by atoms with Crippen LogP contribution in [-0.2, 0) is 27.0 Å². The lowest BCUT2D eigenvalue weighted by molar-refractivity contribution is -0.126. The summed E-state index contributed by atoms with van der Waals surface area (Å²) in [6.07, 6.45) is 1.89. The highest BCUT2D eigenvalue weighted by atomic mass is 35.5. The van der Waals surface area contributed by atoms with Gasteiger partial charge in [0.05, 0.1) is 5.75 Å². The van der Waals surface area contributed by atoms with Gasteiger partial charge in [0.15, 0.2) is 0 Å². The standard InChI is InChI=1S/C24H31ClN2O3S/c1-18(2)21-7-3-19(4-8-21)11-14-26-24(28)22-12-15-27(16-13-22)31(29,30)17-20-5-9-23(25)10-6-20/h3-10,18,22H,11-17H2,1-2H3,(H,26,28). The summed E-state index contributed by atoms with van der Waals surface area (Å²) < 4.78 is 26.9. The van der Waals surface area contributed by atoms with Gasteiger partial charge in [-0.05, 0) is 54.0 Å². The largest absolute Gasteiger partial charge is 0.356 e. The first-order chi connectivity index (χ1) is 14.7. The van der Waals surface area contributed by atoms with Gasteiger partial charge in [-0.2, -0.15) is 0 Å². The molecule has 0 saturated carbocycles. The number of piperidine rings is 1. The van der Waals surface area contributed by atoms with Gasteiger partial charge in [-0.25, -0.2) is 12.7 Å². The summed E-state index contributed by atoms with van der Waals surface area (Å²) in [4.78, 5) is 12.5. The number of amides is 1. The number of hydrogen-bond acceptors (Lipinski definition) is 3. The molecule has 1 N–H and O–H groups in total. The summed E-state index contributed by atoms with van der Waals surface area (Å²) in [5.74, 6) is 0.352. The molecule has 0 aromatic heterocycles. The maximum atomic E-state index is 12.7. The summed E-state index contributed by atoms with van der Waals surface area (Å²) in [5, 5.41) is 3.60. The van der Waals surface area contributed by atoms with Crippen molar-refractivity contribution in [2.75, 3.05) is 19.6 Å². The molecule has 3 rings (SSSR count). The molecule has 1 fully saturated rings. The van der Waals surface area contributed by atoms with Gasteiger partial charge in [0.25, 0.3) is 0 Å². The maximum Gasteiger partial charge on any atom is 0.223 e. The molecule has 0 radical (unpaired) electrons. The minimum atomic E-state index is -3.40.